The van der Waals surface area contributed by atoms with Gasteiger partial charge in [-0.05, 0) is 33.8 Å². The summed E-state index contributed by atoms with van der Waals surface area (Å²) in [7, 11) is 0. The van der Waals surface area contributed by atoms with E-state index < -0.39 is 17.7 Å². The fourth-order valence-corrected chi connectivity index (χ4v) is 1.79. The maximum atomic E-state index is 11.6. The van der Waals surface area contributed by atoms with Crippen molar-refractivity contribution in [2.24, 2.45) is 0 Å². The average molecular weight is 344 g/mol. The fourth-order valence-electron chi connectivity index (χ4n) is 1.55. The number of hydrogen-bond donors (Lipinski definition) is 2. The molecule has 7 nitrogen and oxygen atoms in total. The number of pyridine rings is 1. The number of nitrogens with zero attached hydrogens (tertiary/aromatic N) is 1. The number of aromatic nitrogens is 1. The van der Waals surface area contributed by atoms with Crippen molar-refractivity contribution >= 4 is 29.5 Å². The molecule has 0 aliphatic carbocycles. The monoisotopic (exact) mass is 343 g/mol. The van der Waals surface area contributed by atoms with Crippen LogP contribution in [0.15, 0.2) is 12.3 Å². The van der Waals surface area contributed by atoms with E-state index in [-0.39, 0.29) is 12.2 Å². The van der Waals surface area contributed by atoms with Crippen LogP contribution >= 0.6 is 11.6 Å². The molecule has 128 valence electrons. The second-order valence-corrected chi connectivity index (χ2v) is 6.04. The molecule has 1 amide bonds. The third-order valence-corrected chi connectivity index (χ3v) is 2.73. The molecule has 0 aliphatic heterocycles. The van der Waals surface area contributed by atoms with Crippen molar-refractivity contribution in [1.29, 1.82) is 0 Å². The summed E-state index contributed by atoms with van der Waals surface area (Å²) in [4.78, 5) is 27.1. The first kappa shape index (κ1) is 19.0. The molecule has 0 unspecified atom stereocenters. The van der Waals surface area contributed by atoms with Crippen LogP contribution in [0.4, 0.5) is 10.6 Å². The molecule has 1 aromatic heterocycles. The van der Waals surface area contributed by atoms with Crippen LogP contribution in [-0.4, -0.2) is 42.3 Å². The fraction of sp³-hybridized carbons (Fsp3) is 0.533. The van der Waals surface area contributed by atoms with Crippen LogP contribution in [0.2, 0.25) is 5.02 Å². The first-order chi connectivity index (χ1) is 10.7. The molecule has 0 spiro atoms. The molecule has 23 heavy (non-hydrogen) atoms. The molecule has 1 aromatic rings. The summed E-state index contributed by atoms with van der Waals surface area (Å²) in [5.41, 5.74) is -0.250. The zero-order valence-corrected chi connectivity index (χ0v) is 14.5. The van der Waals surface area contributed by atoms with E-state index in [9.17, 15) is 9.59 Å². The molecule has 0 bridgehead atoms. The van der Waals surface area contributed by atoms with Crippen molar-refractivity contribution < 1.29 is 19.1 Å². The molecular weight excluding hydrogens is 322 g/mol. The Kier molecular flexibility index (Phi) is 7.09. The van der Waals surface area contributed by atoms with Gasteiger partial charge in [0.05, 0.1) is 17.2 Å². The van der Waals surface area contributed by atoms with Crippen LogP contribution in [0, 0.1) is 0 Å². The number of carbonyl (C=O) groups is 2. The number of rotatable bonds is 6. The summed E-state index contributed by atoms with van der Waals surface area (Å²) in [5.74, 6) is -0.0502. The van der Waals surface area contributed by atoms with Gasteiger partial charge in [0.2, 0.25) is 0 Å². The lowest BCUT2D eigenvalue weighted by Gasteiger charge is -2.19. The number of ether oxygens (including phenoxy) is 2. The number of esters is 1. The van der Waals surface area contributed by atoms with Crippen LogP contribution < -0.4 is 10.6 Å². The zero-order chi connectivity index (χ0) is 17.5. The number of hydrogen-bond acceptors (Lipinski definition) is 6. The van der Waals surface area contributed by atoms with E-state index in [1.54, 1.807) is 27.7 Å². The average Bonchev–Trinajstić information content (AvgIpc) is 2.43. The summed E-state index contributed by atoms with van der Waals surface area (Å²) < 4.78 is 9.98. The molecule has 0 atom stereocenters. The van der Waals surface area contributed by atoms with Gasteiger partial charge in [0.1, 0.15) is 11.4 Å². The Morgan fingerprint density at radius 2 is 2.00 bits per heavy atom. The molecule has 1 heterocycles. The zero-order valence-electron chi connectivity index (χ0n) is 13.7. The van der Waals surface area contributed by atoms with Gasteiger partial charge in [-0.3, -0.25) is 0 Å². The Morgan fingerprint density at radius 3 is 2.57 bits per heavy atom. The van der Waals surface area contributed by atoms with Gasteiger partial charge in [0.25, 0.3) is 0 Å². The second-order valence-electron chi connectivity index (χ2n) is 5.63. The maximum absolute atomic E-state index is 11.6. The minimum absolute atomic E-state index is 0.285. The van der Waals surface area contributed by atoms with Gasteiger partial charge in [-0.25, -0.2) is 14.6 Å². The number of halogens is 1. The second kappa shape index (κ2) is 8.57. The molecule has 0 saturated carbocycles. The first-order valence-corrected chi connectivity index (χ1v) is 7.64. The van der Waals surface area contributed by atoms with E-state index in [1.807, 2.05) is 0 Å². The van der Waals surface area contributed by atoms with Gasteiger partial charge in [0, 0.05) is 19.3 Å². The Bertz CT molecular complexity index is 558. The summed E-state index contributed by atoms with van der Waals surface area (Å²) in [6.07, 6.45) is 0.893. The minimum atomic E-state index is -0.536. The normalized spacial score (nSPS) is 10.8. The Balaban J connectivity index is 2.44. The lowest BCUT2D eigenvalue weighted by molar-refractivity contribution is 0.0517. The number of anilines is 1. The van der Waals surface area contributed by atoms with Crippen molar-refractivity contribution in [2.75, 3.05) is 25.0 Å². The van der Waals surface area contributed by atoms with E-state index in [0.29, 0.717) is 23.9 Å². The van der Waals surface area contributed by atoms with E-state index in [0.717, 1.165) is 0 Å². The van der Waals surface area contributed by atoms with Crippen LogP contribution in [-0.2, 0) is 9.47 Å². The molecule has 8 heteroatoms. The van der Waals surface area contributed by atoms with Gasteiger partial charge in [-0.2, -0.15) is 0 Å². The molecule has 2 N–H and O–H groups in total. The van der Waals surface area contributed by atoms with E-state index in [2.05, 4.69) is 15.6 Å². The number of nitrogens with one attached hydrogen (secondary N) is 2. The van der Waals surface area contributed by atoms with Gasteiger partial charge in [-0.15, -0.1) is 0 Å². The molecule has 0 radical (unpaired) electrons. The van der Waals surface area contributed by atoms with Gasteiger partial charge in [0.15, 0.2) is 0 Å². The number of alkyl carbamates (subject to hydrolysis) is 1. The topological polar surface area (TPSA) is 89.5 Å². The third kappa shape index (κ3) is 7.19. The minimum Gasteiger partial charge on any atom is -0.462 e. The maximum Gasteiger partial charge on any atom is 0.407 e. The number of carbonyl (C=O) groups excluding carboxylic acids is 2. The van der Waals surface area contributed by atoms with Crippen molar-refractivity contribution in [1.82, 2.24) is 10.3 Å². The molecular formula is C15H22ClN3O4. The summed E-state index contributed by atoms with van der Waals surface area (Å²) in [6.45, 7) is 8.13. The van der Waals surface area contributed by atoms with Crippen molar-refractivity contribution in [3.8, 4) is 0 Å². The quantitative estimate of drug-likeness (QED) is 0.609. The lowest BCUT2D eigenvalue weighted by atomic mass is 10.2. The Morgan fingerprint density at radius 1 is 1.30 bits per heavy atom. The molecule has 0 saturated heterocycles. The smallest absolute Gasteiger partial charge is 0.407 e. The third-order valence-electron chi connectivity index (χ3n) is 2.44. The lowest BCUT2D eigenvalue weighted by Crippen LogP contribution is -2.35. The highest BCUT2D eigenvalue weighted by molar-refractivity contribution is 6.33. The summed E-state index contributed by atoms with van der Waals surface area (Å²) in [5, 5.41) is 5.87. The first-order valence-electron chi connectivity index (χ1n) is 7.26. The highest BCUT2D eigenvalue weighted by Gasteiger charge is 2.15. The van der Waals surface area contributed by atoms with Crippen LogP contribution in [0.25, 0.3) is 0 Å². The standard InChI is InChI=1S/C15H22ClN3O4/c1-5-22-13(20)10-8-11(16)12(19-9-10)17-6-7-18-14(21)23-15(2,3)4/h8-9H,5-7H2,1-4H3,(H,17,19)(H,18,21). The van der Waals surface area contributed by atoms with Crippen molar-refractivity contribution in [3.63, 3.8) is 0 Å². The predicted octanol–water partition coefficient (Wildman–Crippen LogP) is 2.85. The molecule has 0 aliphatic rings. The van der Waals surface area contributed by atoms with Gasteiger partial charge < -0.3 is 20.1 Å². The van der Waals surface area contributed by atoms with Crippen LogP contribution in [0.3, 0.4) is 0 Å². The van der Waals surface area contributed by atoms with Crippen molar-refractivity contribution in [2.45, 2.75) is 33.3 Å². The van der Waals surface area contributed by atoms with E-state index in [4.69, 9.17) is 21.1 Å². The van der Waals surface area contributed by atoms with E-state index >= 15 is 0 Å². The summed E-state index contributed by atoms with van der Waals surface area (Å²) in [6, 6.07) is 1.48. The number of amides is 1. The van der Waals surface area contributed by atoms with Crippen LogP contribution in [0.1, 0.15) is 38.1 Å². The molecule has 1 rings (SSSR count). The highest BCUT2D eigenvalue weighted by atomic mass is 35.5. The predicted molar refractivity (Wildman–Crippen MR) is 87.9 cm³/mol. The highest BCUT2D eigenvalue weighted by Crippen LogP contribution is 2.20. The summed E-state index contributed by atoms with van der Waals surface area (Å²) >= 11 is 6.06. The van der Waals surface area contributed by atoms with Crippen LogP contribution in [0.5, 0.6) is 0 Å². The molecule has 0 aromatic carbocycles. The Labute approximate surface area is 140 Å². The van der Waals surface area contributed by atoms with Gasteiger partial charge in [-0.1, -0.05) is 11.6 Å². The van der Waals surface area contributed by atoms with E-state index in [1.165, 1.54) is 12.3 Å². The SMILES string of the molecule is CCOC(=O)c1cnc(NCCNC(=O)OC(C)(C)C)c(Cl)c1. The van der Waals surface area contributed by atoms with Gasteiger partial charge >= 0.3 is 12.1 Å². The molecule has 0 fully saturated rings. The largest absolute Gasteiger partial charge is 0.462 e. The van der Waals surface area contributed by atoms with Crippen molar-refractivity contribution in [3.05, 3.63) is 22.8 Å². The Hall–Kier alpha value is -2.02.